The van der Waals surface area contributed by atoms with Crippen molar-refractivity contribution >= 4 is 11.8 Å². The maximum atomic E-state index is 12.9. The monoisotopic (exact) mass is 427 g/mol. The quantitative estimate of drug-likeness (QED) is 0.395. The van der Waals surface area contributed by atoms with Gasteiger partial charge in [-0.3, -0.25) is 4.90 Å². The molecule has 0 aliphatic rings. The molecule has 6 heteroatoms. The fraction of sp³-hybridized carbons (Fsp3) is 0.520. The second-order valence-corrected chi connectivity index (χ2v) is 8.30. The molecule has 1 aromatic carbocycles. The summed E-state index contributed by atoms with van der Waals surface area (Å²) in [5.74, 6) is 0.152. The number of hydrogen-bond donors (Lipinski definition) is 1. The van der Waals surface area contributed by atoms with E-state index in [9.17, 15) is 4.79 Å². The molecule has 0 amide bonds. The molecule has 2 rings (SSSR count). The van der Waals surface area contributed by atoms with Gasteiger partial charge < -0.3 is 14.8 Å². The number of carbonyl (C=O) groups excluding carboxylic acids is 1. The van der Waals surface area contributed by atoms with E-state index in [2.05, 4.69) is 49.8 Å². The number of nitrogens with zero attached hydrogens (tertiary/aromatic N) is 2. The highest BCUT2D eigenvalue weighted by atomic mass is 16.5. The van der Waals surface area contributed by atoms with Gasteiger partial charge in [-0.1, -0.05) is 30.3 Å². The zero-order chi connectivity index (χ0) is 23.0. The van der Waals surface area contributed by atoms with Crippen LogP contribution in [0.2, 0.25) is 0 Å². The fourth-order valence-electron chi connectivity index (χ4n) is 4.01. The van der Waals surface area contributed by atoms with Gasteiger partial charge in [-0.2, -0.15) is 0 Å². The third kappa shape index (κ3) is 7.04. The number of carbonyl (C=O) groups is 1. The van der Waals surface area contributed by atoms with E-state index in [4.69, 9.17) is 9.47 Å². The van der Waals surface area contributed by atoms with Crippen LogP contribution in [0.3, 0.4) is 0 Å². The van der Waals surface area contributed by atoms with Gasteiger partial charge in [-0.25, -0.2) is 9.78 Å². The Morgan fingerprint density at radius 3 is 2.29 bits per heavy atom. The summed E-state index contributed by atoms with van der Waals surface area (Å²) in [5, 5.41) is 3.46. The highest BCUT2D eigenvalue weighted by Gasteiger charge is 2.25. The lowest BCUT2D eigenvalue weighted by atomic mass is 10.1. The molecular weight excluding hydrogens is 390 g/mol. The van der Waals surface area contributed by atoms with Crippen LogP contribution >= 0.6 is 0 Å². The summed E-state index contributed by atoms with van der Waals surface area (Å²) in [5.41, 5.74) is 3.13. The second kappa shape index (κ2) is 11.8. The number of rotatable bonds is 11. The molecule has 1 atom stereocenters. The maximum Gasteiger partial charge on any atom is 0.342 e. The lowest BCUT2D eigenvalue weighted by Gasteiger charge is -2.37. The lowest BCUT2D eigenvalue weighted by molar-refractivity contribution is 0.0517. The van der Waals surface area contributed by atoms with Gasteiger partial charge in [0.25, 0.3) is 0 Å². The summed E-state index contributed by atoms with van der Waals surface area (Å²) in [4.78, 5) is 19.9. The van der Waals surface area contributed by atoms with E-state index in [1.54, 1.807) is 6.92 Å². The first-order chi connectivity index (χ1) is 14.7. The summed E-state index contributed by atoms with van der Waals surface area (Å²) < 4.78 is 11.3. The Balaban J connectivity index is 2.32. The predicted octanol–water partition coefficient (Wildman–Crippen LogP) is 5.16. The van der Waals surface area contributed by atoms with Crippen LogP contribution in [0.1, 0.15) is 68.7 Å². The molecule has 0 radical (unpaired) electrons. The molecular formula is C25H37N3O3. The molecule has 0 saturated heterocycles. The largest absolute Gasteiger partial charge is 0.462 e. The normalized spacial score (nSPS) is 12.5. The molecule has 1 aromatic heterocycles. The Morgan fingerprint density at radius 1 is 1.06 bits per heavy atom. The molecule has 0 aliphatic carbocycles. The Bertz CT molecular complexity index is 829. The summed E-state index contributed by atoms with van der Waals surface area (Å²) in [6, 6.07) is 12.6. The number of ether oxygens (including phenoxy) is 2. The molecule has 170 valence electrons. The first-order valence-electron chi connectivity index (χ1n) is 11.1. The minimum atomic E-state index is -0.386. The van der Waals surface area contributed by atoms with Crippen molar-refractivity contribution in [3.63, 3.8) is 0 Å². The molecule has 31 heavy (non-hydrogen) atoms. The van der Waals surface area contributed by atoms with E-state index in [1.165, 1.54) is 0 Å². The van der Waals surface area contributed by atoms with Crippen molar-refractivity contribution in [2.45, 2.75) is 79.9 Å². The molecule has 6 nitrogen and oxygen atoms in total. The number of anilines is 1. The molecule has 0 fully saturated rings. The smallest absolute Gasteiger partial charge is 0.342 e. The van der Waals surface area contributed by atoms with Crippen molar-refractivity contribution < 1.29 is 14.3 Å². The Morgan fingerprint density at radius 2 is 1.71 bits per heavy atom. The molecule has 0 aliphatic heterocycles. The molecule has 0 spiro atoms. The number of esters is 1. The minimum absolute atomic E-state index is 0.0134. The predicted molar refractivity (Wildman–Crippen MR) is 125 cm³/mol. The average Bonchev–Trinajstić information content (AvgIpc) is 2.68. The van der Waals surface area contributed by atoms with Gasteiger partial charge in [0.1, 0.15) is 11.4 Å². The summed E-state index contributed by atoms with van der Waals surface area (Å²) in [7, 11) is 0. The lowest BCUT2D eigenvalue weighted by Crippen LogP contribution is -2.47. The number of benzene rings is 1. The van der Waals surface area contributed by atoms with Crippen LogP contribution in [0.5, 0.6) is 0 Å². The Kier molecular flexibility index (Phi) is 9.46. The summed E-state index contributed by atoms with van der Waals surface area (Å²) >= 11 is 0. The van der Waals surface area contributed by atoms with Crippen molar-refractivity contribution in [3.8, 4) is 0 Å². The molecule has 2 aromatic rings. The molecule has 0 bridgehead atoms. The SMILES string of the molecule is CCOC(=O)c1c(COCc2ccccc2)cc(C)nc1NC(C)N(C(C)C)C(C)C. The zero-order valence-electron chi connectivity index (χ0n) is 19.9. The van der Waals surface area contributed by atoms with Gasteiger partial charge in [0.15, 0.2) is 0 Å². The van der Waals surface area contributed by atoms with E-state index in [0.29, 0.717) is 43.3 Å². The third-order valence-corrected chi connectivity index (χ3v) is 5.06. The van der Waals surface area contributed by atoms with Crippen molar-refractivity contribution in [3.05, 3.63) is 58.8 Å². The van der Waals surface area contributed by atoms with Gasteiger partial charge in [0.2, 0.25) is 0 Å². The fourth-order valence-corrected chi connectivity index (χ4v) is 4.01. The number of aryl methyl sites for hydroxylation is 1. The minimum Gasteiger partial charge on any atom is -0.462 e. The van der Waals surface area contributed by atoms with E-state index in [0.717, 1.165) is 16.8 Å². The van der Waals surface area contributed by atoms with Crippen LogP contribution in [-0.2, 0) is 22.7 Å². The van der Waals surface area contributed by atoms with Gasteiger partial charge in [-0.15, -0.1) is 0 Å². The number of aromatic nitrogens is 1. The molecule has 1 heterocycles. The standard InChI is InChI=1S/C25H37N3O3/c1-8-31-25(29)23-22(16-30-15-21-12-10-9-11-13-21)14-19(6)26-24(23)27-20(7)28(17(2)3)18(4)5/h9-14,17-18,20H,8,15-16H2,1-7H3,(H,26,27). The number of hydrogen-bond acceptors (Lipinski definition) is 6. The van der Waals surface area contributed by atoms with Crippen LogP contribution < -0.4 is 5.32 Å². The number of nitrogens with one attached hydrogen (secondary N) is 1. The maximum absolute atomic E-state index is 12.9. The van der Waals surface area contributed by atoms with Crippen LogP contribution in [-0.4, -0.2) is 40.7 Å². The average molecular weight is 428 g/mol. The summed E-state index contributed by atoms with van der Waals surface area (Å²) in [6.45, 7) is 15.5. The van der Waals surface area contributed by atoms with Crippen LogP contribution in [0.15, 0.2) is 36.4 Å². The Labute approximate surface area is 187 Å². The highest BCUT2D eigenvalue weighted by molar-refractivity contribution is 5.96. The topological polar surface area (TPSA) is 63.7 Å². The third-order valence-electron chi connectivity index (χ3n) is 5.06. The van der Waals surface area contributed by atoms with Gasteiger partial charge in [-0.05, 0) is 65.7 Å². The van der Waals surface area contributed by atoms with E-state index in [-0.39, 0.29) is 12.1 Å². The van der Waals surface area contributed by atoms with Gasteiger partial charge in [0.05, 0.1) is 26.0 Å². The van der Waals surface area contributed by atoms with E-state index in [1.807, 2.05) is 43.3 Å². The van der Waals surface area contributed by atoms with Crippen molar-refractivity contribution in [2.24, 2.45) is 0 Å². The first kappa shape index (κ1) is 24.8. The van der Waals surface area contributed by atoms with Crippen molar-refractivity contribution in [1.82, 2.24) is 9.88 Å². The number of pyridine rings is 1. The van der Waals surface area contributed by atoms with Gasteiger partial charge >= 0.3 is 5.97 Å². The van der Waals surface area contributed by atoms with Crippen molar-refractivity contribution in [2.75, 3.05) is 11.9 Å². The molecule has 1 unspecified atom stereocenters. The van der Waals surface area contributed by atoms with Crippen LogP contribution in [0.25, 0.3) is 0 Å². The highest BCUT2D eigenvalue weighted by Crippen LogP contribution is 2.24. The summed E-state index contributed by atoms with van der Waals surface area (Å²) in [6.07, 6.45) is -0.0134. The van der Waals surface area contributed by atoms with Crippen LogP contribution in [0, 0.1) is 6.92 Å². The van der Waals surface area contributed by atoms with Gasteiger partial charge in [0, 0.05) is 17.8 Å². The molecule has 1 N–H and O–H groups in total. The second-order valence-electron chi connectivity index (χ2n) is 8.30. The van der Waals surface area contributed by atoms with E-state index < -0.39 is 0 Å². The first-order valence-corrected chi connectivity index (χ1v) is 11.1. The van der Waals surface area contributed by atoms with E-state index >= 15 is 0 Å². The zero-order valence-corrected chi connectivity index (χ0v) is 19.9. The van der Waals surface area contributed by atoms with Crippen molar-refractivity contribution in [1.29, 1.82) is 0 Å². The molecule has 0 saturated carbocycles. The Hall–Kier alpha value is -2.44. The van der Waals surface area contributed by atoms with Crippen LogP contribution in [0.4, 0.5) is 5.82 Å².